The van der Waals surface area contributed by atoms with Crippen molar-refractivity contribution in [1.82, 2.24) is 9.88 Å². The second-order valence-corrected chi connectivity index (χ2v) is 3.13. The quantitative estimate of drug-likeness (QED) is 0.714. The van der Waals surface area contributed by atoms with Crippen molar-refractivity contribution < 1.29 is 9.53 Å². The molecule has 1 aliphatic heterocycles. The van der Waals surface area contributed by atoms with Gasteiger partial charge in [-0.25, -0.2) is 4.79 Å². The summed E-state index contributed by atoms with van der Waals surface area (Å²) in [7, 11) is 0. The minimum atomic E-state index is -0.247. The maximum atomic E-state index is 11.3. The molecule has 14 heavy (non-hydrogen) atoms. The summed E-state index contributed by atoms with van der Waals surface area (Å²) < 4.78 is 4.97. The number of rotatable bonds is 2. The van der Waals surface area contributed by atoms with Crippen LogP contribution in [-0.4, -0.2) is 29.1 Å². The van der Waals surface area contributed by atoms with Crippen molar-refractivity contribution in [3.05, 3.63) is 30.1 Å². The molecule has 1 aromatic heterocycles. The summed E-state index contributed by atoms with van der Waals surface area (Å²) in [5.41, 5.74) is 0.889. The molecule has 0 spiro atoms. The van der Waals surface area contributed by atoms with Crippen LogP contribution in [0.2, 0.25) is 0 Å². The van der Waals surface area contributed by atoms with E-state index in [-0.39, 0.29) is 12.1 Å². The fourth-order valence-corrected chi connectivity index (χ4v) is 1.62. The van der Waals surface area contributed by atoms with Crippen LogP contribution in [0.1, 0.15) is 18.7 Å². The molecule has 1 fully saturated rings. The summed E-state index contributed by atoms with van der Waals surface area (Å²) in [5, 5.41) is 0. The third-order valence-electron chi connectivity index (χ3n) is 2.35. The first-order chi connectivity index (χ1) is 6.83. The highest BCUT2D eigenvalue weighted by Crippen LogP contribution is 2.25. The van der Waals surface area contributed by atoms with Crippen molar-refractivity contribution in [2.75, 3.05) is 13.2 Å². The van der Waals surface area contributed by atoms with Gasteiger partial charge in [-0.3, -0.25) is 9.88 Å². The molecule has 2 heterocycles. The standard InChI is InChI=1S/C10H12N2O2/c1-2-12-9(7-14-10(12)13)8-5-3-4-6-11-8/h3-6,9H,2,7H2,1H3. The predicted octanol–water partition coefficient (Wildman–Crippen LogP) is 1.59. The smallest absolute Gasteiger partial charge is 0.410 e. The predicted molar refractivity (Wildman–Crippen MR) is 50.7 cm³/mol. The number of carbonyl (C=O) groups is 1. The molecular weight excluding hydrogens is 180 g/mol. The van der Waals surface area contributed by atoms with Crippen LogP contribution in [0, 0.1) is 0 Å². The van der Waals surface area contributed by atoms with Gasteiger partial charge in [0.15, 0.2) is 0 Å². The van der Waals surface area contributed by atoms with Gasteiger partial charge in [0.1, 0.15) is 12.6 Å². The molecule has 1 amide bonds. The normalized spacial score (nSPS) is 21.1. The van der Waals surface area contributed by atoms with Crippen LogP contribution < -0.4 is 0 Å². The lowest BCUT2D eigenvalue weighted by Gasteiger charge is -2.18. The zero-order valence-electron chi connectivity index (χ0n) is 8.01. The van der Waals surface area contributed by atoms with E-state index in [1.54, 1.807) is 11.1 Å². The number of pyridine rings is 1. The van der Waals surface area contributed by atoms with Gasteiger partial charge in [0.25, 0.3) is 0 Å². The van der Waals surface area contributed by atoms with Crippen molar-refractivity contribution in [3.8, 4) is 0 Å². The topological polar surface area (TPSA) is 42.4 Å². The summed E-state index contributed by atoms with van der Waals surface area (Å²) in [5.74, 6) is 0. The summed E-state index contributed by atoms with van der Waals surface area (Å²) in [6.07, 6.45) is 1.48. The highest BCUT2D eigenvalue weighted by molar-refractivity contribution is 5.70. The van der Waals surface area contributed by atoms with Crippen LogP contribution in [-0.2, 0) is 4.74 Å². The number of hydrogen-bond acceptors (Lipinski definition) is 3. The lowest BCUT2D eigenvalue weighted by atomic mass is 10.2. The molecule has 1 aromatic rings. The number of likely N-dealkylation sites (N-methyl/N-ethyl adjacent to an activating group) is 1. The Bertz CT molecular complexity index is 326. The van der Waals surface area contributed by atoms with Gasteiger partial charge in [0, 0.05) is 12.7 Å². The maximum Gasteiger partial charge on any atom is 0.410 e. The Balaban J connectivity index is 2.23. The molecule has 2 rings (SSSR count). The number of amides is 1. The van der Waals surface area contributed by atoms with Gasteiger partial charge >= 0.3 is 6.09 Å². The molecule has 0 bridgehead atoms. The van der Waals surface area contributed by atoms with E-state index in [9.17, 15) is 4.79 Å². The molecule has 4 nitrogen and oxygen atoms in total. The van der Waals surface area contributed by atoms with Crippen LogP contribution >= 0.6 is 0 Å². The van der Waals surface area contributed by atoms with Crippen molar-refractivity contribution >= 4 is 6.09 Å². The van der Waals surface area contributed by atoms with E-state index in [4.69, 9.17) is 4.74 Å². The summed E-state index contributed by atoms with van der Waals surface area (Å²) >= 11 is 0. The van der Waals surface area contributed by atoms with E-state index in [2.05, 4.69) is 4.98 Å². The van der Waals surface area contributed by atoms with Gasteiger partial charge in [-0.1, -0.05) is 6.07 Å². The van der Waals surface area contributed by atoms with E-state index >= 15 is 0 Å². The SMILES string of the molecule is CCN1C(=O)OCC1c1ccccn1. The van der Waals surface area contributed by atoms with Crippen LogP contribution in [0.3, 0.4) is 0 Å². The van der Waals surface area contributed by atoms with E-state index in [1.807, 2.05) is 25.1 Å². The first-order valence-corrected chi connectivity index (χ1v) is 4.67. The number of cyclic esters (lactones) is 1. The number of nitrogens with zero attached hydrogens (tertiary/aromatic N) is 2. The van der Waals surface area contributed by atoms with E-state index in [0.717, 1.165) is 5.69 Å². The van der Waals surface area contributed by atoms with Gasteiger partial charge in [0.2, 0.25) is 0 Å². The average Bonchev–Trinajstić information content (AvgIpc) is 2.61. The van der Waals surface area contributed by atoms with Gasteiger partial charge in [0.05, 0.1) is 5.69 Å². The van der Waals surface area contributed by atoms with Crippen LogP contribution in [0.15, 0.2) is 24.4 Å². The van der Waals surface area contributed by atoms with E-state index < -0.39 is 0 Å². The second kappa shape index (κ2) is 3.65. The monoisotopic (exact) mass is 192 g/mol. The lowest BCUT2D eigenvalue weighted by molar-refractivity contribution is 0.159. The minimum Gasteiger partial charge on any atom is -0.447 e. The lowest BCUT2D eigenvalue weighted by Crippen LogP contribution is -2.27. The fourth-order valence-electron chi connectivity index (χ4n) is 1.62. The Morgan fingerprint density at radius 1 is 1.64 bits per heavy atom. The zero-order valence-corrected chi connectivity index (χ0v) is 8.01. The molecular formula is C10H12N2O2. The number of carbonyl (C=O) groups excluding carboxylic acids is 1. The van der Waals surface area contributed by atoms with Crippen LogP contribution in [0.5, 0.6) is 0 Å². The van der Waals surface area contributed by atoms with Crippen LogP contribution in [0.25, 0.3) is 0 Å². The van der Waals surface area contributed by atoms with Gasteiger partial charge in [-0.15, -0.1) is 0 Å². The van der Waals surface area contributed by atoms with Crippen LogP contribution in [0.4, 0.5) is 4.79 Å². The van der Waals surface area contributed by atoms with Gasteiger partial charge < -0.3 is 4.74 Å². The molecule has 1 saturated heterocycles. The van der Waals surface area contributed by atoms with Gasteiger partial charge in [-0.05, 0) is 19.1 Å². The molecule has 0 radical (unpaired) electrons. The summed E-state index contributed by atoms with van der Waals surface area (Å²) in [4.78, 5) is 17.2. The highest BCUT2D eigenvalue weighted by atomic mass is 16.6. The number of aromatic nitrogens is 1. The molecule has 0 saturated carbocycles. The minimum absolute atomic E-state index is 0.0197. The van der Waals surface area contributed by atoms with Crippen molar-refractivity contribution in [1.29, 1.82) is 0 Å². The molecule has 1 aliphatic rings. The zero-order chi connectivity index (χ0) is 9.97. The Morgan fingerprint density at radius 2 is 2.50 bits per heavy atom. The Morgan fingerprint density at radius 3 is 3.14 bits per heavy atom. The molecule has 0 aromatic carbocycles. The number of ether oxygens (including phenoxy) is 1. The molecule has 1 atom stereocenters. The third kappa shape index (κ3) is 1.43. The first-order valence-electron chi connectivity index (χ1n) is 4.67. The molecule has 0 aliphatic carbocycles. The van der Waals surface area contributed by atoms with Crippen molar-refractivity contribution in [2.24, 2.45) is 0 Å². The Hall–Kier alpha value is -1.58. The first kappa shape index (κ1) is 8.99. The molecule has 4 heteroatoms. The van der Waals surface area contributed by atoms with Crippen molar-refractivity contribution in [2.45, 2.75) is 13.0 Å². The highest BCUT2D eigenvalue weighted by Gasteiger charge is 2.33. The number of hydrogen-bond donors (Lipinski definition) is 0. The Kier molecular flexibility index (Phi) is 2.35. The van der Waals surface area contributed by atoms with Gasteiger partial charge in [-0.2, -0.15) is 0 Å². The summed E-state index contributed by atoms with van der Waals surface area (Å²) in [6, 6.07) is 5.67. The Labute approximate surface area is 82.5 Å². The maximum absolute atomic E-state index is 11.3. The fraction of sp³-hybridized carbons (Fsp3) is 0.400. The largest absolute Gasteiger partial charge is 0.447 e. The second-order valence-electron chi connectivity index (χ2n) is 3.13. The molecule has 0 N–H and O–H groups in total. The van der Waals surface area contributed by atoms with E-state index in [1.165, 1.54) is 0 Å². The molecule has 74 valence electrons. The summed E-state index contributed by atoms with van der Waals surface area (Å²) in [6.45, 7) is 2.99. The van der Waals surface area contributed by atoms with Crippen molar-refractivity contribution in [3.63, 3.8) is 0 Å². The third-order valence-corrected chi connectivity index (χ3v) is 2.35. The molecule has 1 unspecified atom stereocenters. The average molecular weight is 192 g/mol. The van der Waals surface area contributed by atoms with E-state index in [0.29, 0.717) is 13.2 Å².